The molecular weight excluding hydrogens is 334 g/mol. The van der Waals surface area contributed by atoms with Gasteiger partial charge < -0.3 is 20.8 Å². The minimum absolute atomic E-state index is 0. The third-order valence-electron chi connectivity index (χ3n) is 2.84. The smallest absolute Gasteiger partial charge is 0.854 e. The molecule has 122 valence electrons. The summed E-state index contributed by atoms with van der Waals surface area (Å²) in [5, 5.41) is 20.8. The van der Waals surface area contributed by atoms with Crippen LogP contribution in [0.1, 0.15) is 45.4 Å². The summed E-state index contributed by atoms with van der Waals surface area (Å²) in [6.45, 7) is 10.6. The number of hydrogen-bond donors (Lipinski definition) is 1. The molecule has 0 saturated carbocycles. The first kappa shape index (κ1) is 23.6. The van der Waals surface area contributed by atoms with Gasteiger partial charge in [-0.2, -0.15) is 0 Å². The Morgan fingerprint density at radius 2 is 1.82 bits per heavy atom. The Kier molecular flexibility index (Phi) is 11.7. The summed E-state index contributed by atoms with van der Waals surface area (Å²) < 4.78 is 0.520. The van der Waals surface area contributed by atoms with Crippen LogP contribution in [0.5, 0.6) is 0 Å². The van der Waals surface area contributed by atoms with E-state index in [4.69, 9.17) is 5.73 Å². The van der Waals surface area contributed by atoms with Crippen LogP contribution in [0.4, 0.5) is 0 Å². The molecule has 22 heavy (non-hydrogen) atoms. The molecule has 6 heteroatoms. The SMILES string of the molecule is Cc1cc(CC(C)CC(C)(C)C)n([O-])c(=O)c1.NCC[O-].[Zn+2]. The van der Waals surface area contributed by atoms with Gasteiger partial charge in [-0.05, 0) is 49.3 Å². The predicted molar refractivity (Wildman–Crippen MR) is 85.1 cm³/mol. The maximum Gasteiger partial charge on any atom is 2.00 e. The topological polar surface area (TPSA) is 94.1 Å². The van der Waals surface area contributed by atoms with Crippen LogP contribution in [0.25, 0.3) is 0 Å². The van der Waals surface area contributed by atoms with Crippen molar-refractivity contribution >= 4 is 0 Å². The second kappa shape index (κ2) is 10.9. The fraction of sp³-hybridized carbons (Fsp3) is 0.688. The van der Waals surface area contributed by atoms with Gasteiger partial charge in [0.05, 0.1) is 0 Å². The van der Waals surface area contributed by atoms with Crippen molar-refractivity contribution < 1.29 is 24.6 Å². The van der Waals surface area contributed by atoms with Gasteiger partial charge in [-0.15, -0.1) is 6.61 Å². The molecule has 1 atom stereocenters. The summed E-state index contributed by atoms with van der Waals surface area (Å²) in [5.74, 6) is 0.399. The van der Waals surface area contributed by atoms with E-state index in [1.807, 2.05) is 13.0 Å². The minimum Gasteiger partial charge on any atom is -0.854 e. The standard InChI is InChI=1S/C14H22NO2.C2H6NO.Zn/c1-10-6-12(15(17)13(16)8-10)7-11(2)9-14(3,4)5;3-1-2-4;/h6,8,11H,7,9H2,1-5H3;1-3H2;/q2*-1;+2. The number of aromatic nitrogens is 1. The van der Waals surface area contributed by atoms with E-state index in [0.29, 0.717) is 22.8 Å². The van der Waals surface area contributed by atoms with Crippen molar-refractivity contribution in [1.29, 1.82) is 0 Å². The Bertz CT molecular complexity index is 479. The zero-order valence-electron chi connectivity index (χ0n) is 14.5. The van der Waals surface area contributed by atoms with Gasteiger partial charge in [-0.1, -0.05) is 27.7 Å². The van der Waals surface area contributed by atoms with E-state index >= 15 is 0 Å². The molecule has 0 saturated heterocycles. The Morgan fingerprint density at radius 1 is 1.32 bits per heavy atom. The van der Waals surface area contributed by atoms with Crippen LogP contribution in [-0.4, -0.2) is 17.9 Å². The quantitative estimate of drug-likeness (QED) is 0.820. The fourth-order valence-electron chi connectivity index (χ4n) is 2.37. The molecule has 0 spiro atoms. The maximum absolute atomic E-state index is 11.6. The molecule has 1 rings (SSSR count). The van der Waals surface area contributed by atoms with Gasteiger partial charge >= 0.3 is 19.5 Å². The normalized spacial score (nSPS) is 12.0. The first-order chi connectivity index (χ1) is 9.60. The summed E-state index contributed by atoms with van der Waals surface area (Å²) in [7, 11) is 0. The average Bonchev–Trinajstić information content (AvgIpc) is 2.33. The molecule has 1 heterocycles. The maximum atomic E-state index is 11.6. The van der Waals surface area contributed by atoms with E-state index in [-0.39, 0.29) is 38.0 Å². The summed E-state index contributed by atoms with van der Waals surface area (Å²) in [6, 6.07) is 3.19. The summed E-state index contributed by atoms with van der Waals surface area (Å²) in [6.07, 6.45) is 1.70. The van der Waals surface area contributed by atoms with Crippen LogP contribution in [0.3, 0.4) is 0 Å². The molecule has 5 nitrogen and oxygen atoms in total. The molecule has 2 N–H and O–H groups in total. The Labute approximate surface area is 146 Å². The number of nitrogens with two attached hydrogens (primary N) is 1. The molecule has 0 aliphatic heterocycles. The van der Waals surface area contributed by atoms with E-state index in [2.05, 4.69) is 27.7 Å². The van der Waals surface area contributed by atoms with E-state index in [1.165, 1.54) is 6.07 Å². The average molecular weight is 362 g/mol. The molecule has 1 aromatic heterocycles. The molecular formula is C16H28N2O3Zn. The molecule has 1 aromatic rings. The largest absolute Gasteiger partial charge is 2.00 e. The Hall–Kier alpha value is -0.707. The fourth-order valence-corrected chi connectivity index (χ4v) is 2.37. The van der Waals surface area contributed by atoms with Crippen molar-refractivity contribution in [3.8, 4) is 0 Å². The summed E-state index contributed by atoms with van der Waals surface area (Å²) >= 11 is 0. The third-order valence-corrected chi connectivity index (χ3v) is 2.84. The molecule has 0 aromatic carbocycles. The number of nitrogens with zero attached hydrogens (tertiary/aromatic N) is 1. The predicted octanol–water partition coefficient (Wildman–Crippen LogP) is 1.42. The molecule has 0 aliphatic rings. The monoisotopic (exact) mass is 360 g/mol. The first-order valence-corrected chi connectivity index (χ1v) is 7.29. The van der Waals surface area contributed by atoms with Crippen molar-refractivity contribution in [3.63, 3.8) is 0 Å². The first-order valence-electron chi connectivity index (χ1n) is 7.29. The van der Waals surface area contributed by atoms with Crippen molar-refractivity contribution in [2.45, 2.75) is 47.5 Å². The Balaban J connectivity index is 0. The van der Waals surface area contributed by atoms with Crippen LogP contribution >= 0.6 is 0 Å². The van der Waals surface area contributed by atoms with Crippen LogP contribution in [0.2, 0.25) is 0 Å². The number of pyridine rings is 1. The molecule has 1 unspecified atom stereocenters. The van der Waals surface area contributed by atoms with E-state index < -0.39 is 5.56 Å². The zero-order valence-corrected chi connectivity index (χ0v) is 17.5. The Morgan fingerprint density at radius 3 is 2.23 bits per heavy atom. The van der Waals surface area contributed by atoms with Gasteiger partial charge in [0, 0.05) is 11.8 Å². The molecule has 0 amide bonds. The molecule has 0 radical (unpaired) electrons. The van der Waals surface area contributed by atoms with Gasteiger partial charge in [-0.25, -0.2) is 0 Å². The number of aryl methyl sites for hydroxylation is 1. The van der Waals surface area contributed by atoms with Crippen LogP contribution in [-0.2, 0) is 25.9 Å². The van der Waals surface area contributed by atoms with Crippen molar-refractivity contribution in [3.05, 3.63) is 39.0 Å². The summed E-state index contributed by atoms with van der Waals surface area (Å²) in [4.78, 5) is 11.4. The second-order valence-electron chi connectivity index (χ2n) is 6.72. The zero-order chi connectivity index (χ0) is 16.6. The molecule has 0 bridgehead atoms. The number of hydrogen-bond acceptors (Lipinski definition) is 4. The van der Waals surface area contributed by atoms with Crippen molar-refractivity contribution in [1.82, 2.24) is 4.73 Å². The van der Waals surface area contributed by atoms with E-state index in [0.717, 1.165) is 12.0 Å². The van der Waals surface area contributed by atoms with Gasteiger partial charge in [0.2, 0.25) is 5.56 Å². The van der Waals surface area contributed by atoms with Crippen LogP contribution in [0, 0.1) is 23.5 Å². The van der Waals surface area contributed by atoms with E-state index in [9.17, 15) is 15.1 Å². The third kappa shape index (κ3) is 10.1. The van der Waals surface area contributed by atoms with Crippen molar-refractivity contribution in [2.24, 2.45) is 17.1 Å². The van der Waals surface area contributed by atoms with Crippen LogP contribution in [0.15, 0.2) is 16.9 Å². The number of rotatable bonds is 4. The van der Waals surface area contributed by atoms with Crippen LogP contribution < -0.4 is 16.4 Å². The van der Waals surface area contributed by atoms with E-state index in [1.54, 1.807) is 0 Å². The molecule has 0 aliphatic carbocycles. The minimum atomic E-state index is -0.456. The van der Waals surface area contributed by atoms with Crippen molar-refractivity contribution in [2.75, 3.05) is 13.2 Å². The summed E-state index contributed by atoms with van der Waals surface area (Å²) in [5.41, 5.74) is 5.96. The second-order valence-corrected chi connectivity index (χ2v) is 6.72. The van der Waals surface area contributed by atoms with Gasteiger partial charge in [0.25, 0.3) is 0 Å². The van der Waals surface area contributed by atoms with Gasteiger partial charge in [0.15, 0.2) is 0 Å². The molecule has 0 fully saturated rings. The van der Waals surface area contributed by atoms with Gasteiger partial charge in [-0.3, -0.25) is 4.79 Å². The van der Waals surface area contributed by atoms with Gasteiger partial charge in [0.1, 0.15) is 0 Å².